The molecular weight excluding hydrogens is 436 g/mol. The number of carbonyl (C=O) groups excluding carboxylic acids is 2. The Morgan fingerprint density at radius 2 is 2.00 bits per heavy atom. The molecule has 0 N–H and O–H groups in total. The molecule has 1 aliphatic heterocycles. The van der Waals surface area contributed by atoms with Crippen LogP contribution in [0.1, 0.15) is 42.5 Å². The van der Waals surface area contributed by atoms with Crippen LogP contribution in [0.3, 0.4) is 0 Å². The summed E-state index contributed by atoms with van der Waals surface area (Å²) in [6, 6.07) is 12.9. The number of imide groups is 1. The highest BCUT2D eigenvalue weighted by molar-refractivity contribution is 8.18. The van der Waals surface area contributed by atoms with E-state index in [1.807, 2.05) is 38.1 Å². The molecular formula is C26H26N2O4S. The number of methoxy groups -OCH3 is 1. The molecule has 1 aliphatic rings. The summed E-state index contributed by atoms with van der Waals surface area (Å²) in [5.41, 5.74) is 2.87. The highest BCUT2D eigenvalue weighted by atomic mass is 32.2. The van der Waals surface area contributed by atoms with Crippen LogP contribution in [0.15, 0.2) is 54.0 Å². The summed E-state index contributed by atoms with van der Waals surface area (Å²) in [5.74, 6) is 0.767. The minimum Gasteiger partial charge on any atom is -0.493 e. The van der Waals surface area contributed by atoms with E-state index in [4.69, 9.17) is 9.47 Å². The molecule has 1 atom stereocenters. The van der Waals surface area contributed by atoms with Crippen LogP contribution in [0.2, 0.25) is 0 Å². The van der Waals surface area contributed by atoms with Gasteiger partial charge in [-0.05, 0) is 61.4 Å². The minimum absolute atomic E-state index is 0.152. The number of amides is 2. The van der Waals surface area contributed by atoms with Gasteiger partial charge in [0, 0.05) is 17.2 Å². The normalized spacial score (nSPS) is 15.5. The summed E-state index contributed by atoms with van der Waals surface area (Å²) in [5, 5.41) is 9.07. The number of hydrogen-bond donors (Lipinski definition) is 0. The Hall–Kier alpha value is -3.50. The first-order chi connectivity index (χ1) is 15.9. The first-order valence-electron chi connectivity index (χ1n) is 10.6. The number of ether oxygens (including phenoxy) is 2. The number of carbonyl (C=O) groups is 2. The molecule has 0 aliphatic carbocycles. The van der Waals surface area contributed by atoms with Crippen molar-refractivity contribution in [3.63, 3.8) is 0 Å². The van der Waals surface area contributed by atoms with Crippen molar-refractivity contribution in [1.82, 2.24) is 4.90 Å². The van der Waals surface area contributed by atoms with Crippen molar-refractivity contribution in [2.45, 2.75) is 39.3 Å². The predicted octanol–water partition coefficient (Wildman–Crippen LogP) is 5.71. The monoisotopic (exact) mass is 462 g/mol. The van der Waals surface area contributed by atoms with Gasteiger partial charge < -0.3 is 9.47 Å². The lowest BCUT2D eigenvalue weighted by molar-refractivity contribution is -0.124. The van der Waals surface area contributed by atoms with E-state index >= 15 is 0 Å². The van der Waals surface area contributed by atoms with Crippen molar-refractivity contribution in [1.29, 1.82) is 5.26 Å². The quantitative estimate of drug-likeness (QED) is 0.351. The highest BCUT2D eigenvalue weighted by Crippen LogP contribution is 2.38. The van der Waals surface area contributed by atoms with Crippen LogP contribution >= 0.6 is 11.8 Å². The van der Waals surface area contributed by atoms with E-state index in [0.717, 1.165) is 28.5 Å². The lowest BCUT2D eigenvalue weighted by atomic mass is 10.0. The Balaban J connectivity index is 1.94. The van der Waals surface area contributed by atoms with Gasteiger partial charge in [-0.15, -0.1) is 6.58 Å². The molecule has 1 saturated heterocycles. The molecule has 2 aromatic rings. The van der Waals surface area contributed by atoms with E-state index in [-0.39, 0.29) is 23.8 Å². The van der Waals surface area contributed by atoms with Crippen molar-refractivity contribution in [3.8, 4) is 17.6 Å². The fourth-order valence-electron chi connectivity index (χ4n) is 3.49. The van der Waals surface area contributed by atoms with Crippen LogP contribution in [-0.2, 0) is 17.8 Å². The van der Waals surface area contributed by atoms with E-state index in [2.05, 4.69) is 12.6 Å². The molecule has 33 heavy (non-hydrogen) atoms. The first-order valence-corrected chi connectivity index (χ1v) is 11.4. The van der Waals surface area contributed by atoms with Gasteiger partial charge in [0.25, 0.3) is 11.1 Å². The maximum atomic E-state index is 12.8. The van der Waals surface area contributed by atoms with Crippen LogP contribution < -0.4 is 9.47 Å². The summed E-state index contributed by atoms with van der Waals surface area (Å²) in [6.07, 6.45) is 4.67. The molecule has 1 heterocycles. The fraction of sp³-hybridized carbons (Fsp3) is 0.269. The van der Waals surface area contributed by atoms with Crippen molar-refractivity contribution in [2.24, 2.45) is 0 Å². The van der Waals surface area contributed by atoms with Crippen molar-refractivity contribution in [2.75, 3.05) is 7.11 Å². The van der Waals surface area contributed by atoms with Crippen LogP contribution in [0, 0.1) is 11.3 Å². The molecule has 170 valence electrons. The molecule has 0 saturated carbocycles. The average Bonchev–Trinajstić information content (AvgIpc) is 3.10. The van der Waals surface area contributed by atoms with E-state index < -0.39 is 0 Å². The van der Waals surface area contributed by atoms with Crippen molar-refractivity contribution < 1.29 is 19.1 Å². The van der Waals surface area contributed by atoms with E-state index in [1.54, 1.807) is 31.4 Å². The number of nitriles is 1. The van der Waals surface area contributed by atoms with Gasteiger partial charge in [0.1, 0.15) is 6.61 Å². The molecule has 2 amide bonds. The molecule has 0 unspecified atom stereocenters. The highest BCUT2D eigenvalue weighted by Gasteiger charge is 2.37. The largest absolute Gasteiger partial charge is 0.493 e. The molecule has 0 bridgehead atoms. The van der Waals surface area contributed by atoms with Gasteiger partial charge in [0.05, 0.1) is 23.6 Å². The van der Waals surface area contributed by atoms with Gasteiger partial charge in [-0.25, -0.2) is 0 Å². The maximum Gasteiger partial charge on any atom is 0.293 e. The van der Waals surface area contributed by atoms with E-state index in [9.17, 15) is 14.9 Å². The number of thioether (sulfide) groups is 1. The third kappa shape index (κ3) is 5.29. The number of allylic oxidation sites excluding steroid dienone is 1. The van der Waals surface area contributed by atoms with Gasteiger partial charge >= 0.3 is 0 Å². The predicted molar refractivity (Wildman–Crippen MR) is 130 cm³/mol. The van der Waals surface area contributed by atoms with Gasteiger partial charge in [-0.2, -0.15) is 5.26 Å². The first kappa shape index (κ1) is 24.1. The Labute approximate surface area is 198 Å². The average molecular weight is 463 g/mol. The van der Waals surface area contributed by atoms with E-state index in [1.165, 1.54) is 4.90 Å². The van der Waals surface area contributed by atoms with E-state index in [0.29, 0.717) is 34.8 Å². The number of nitrogens with zero attached hydrogens (tertiary/aromatic N) is 2. The lowest BCUT2D eigenvalue weighted by Crippen LogP contribution is -2.36. The molecule has 2 aromatic carbocycles. The van der Waals surface area contributed by atoms with Crippen LogP contribution in [0.25, 0.3) is 6.08 Å². The maximum absolute atomic E-state index is 12.8. The Bertz CT molecular complexity index is 1150. The Morgan fingerprint density at radius 1 is 1.24 bits per heavy atom. The summed E-state index contributed by atoms with van der Waals surface area (Å²) < 4.78 is 11.7. The second-order valence-electron chi connectivity index (χ2n) is 7.57. The van der Waals surface area contributed by atoms with Gasteiger partial charge in [0.15, 0.2) is 11.5 Å². The SMILES string of the molecule is C=CCc1cc(/C=C2/SC(=O)N([C@@H](C)CC)C2=O)cc(OC)c1OCc1ccccc1C#N. The number of rotatable bonds is 9. The molecule has 0 aromatic heterocycles. The standard InChI is InChI=1S/C26H26N2O4S/c1-5-9-19-12-18(14-23-25(29)28(17(3)6-2)26(30)33-23)13-22(31-4)24(19)32-16-21-11-8-7-10-20(21)15-27/h5,7-8,10-14,17H,1,6,9,16H2,2-4H3/b23-14+/t17-/m0/s1. The summed E-state index contributed by atoms with van der Waals surface area (Å²) in [7, 11) is 1.55. The zero-order valence-electron chi connectivity index (χ0n) is 19.0. The van der Waals surface area contributed by atoms with Crippen LogP contribution in [0.4, 0.5) is 4.79 Å². The Kier molecular flexibility index (Phi) is 7.96. The summed E-state index contributed by atoms with van der Waals surface area (Å²) in [4.78, 5) is 26.8. The molecule has 0 spiro atoms. The molecule has 3 rings (SSSR count). The van der Waals surface area contributed by atoms with Gasteiger partial charge in [-0.1, -0.05) is 31.2 Å². The van der Waals surface area contributed by atoms with Crippen LogP contribution in [0.5, 0.6) is 11.5 Å². The summed E-state index contributed by atoms with van der Waals surface area (Å²) >= 11 is 0.945. The second kappa shape index (κ2) is 10.9. The molecule has 7 heteroatoms. The fourth-order valence-corrected chi connectivity index (χ4v) is 4.42. The molecule has 6 nitrogen and oxygen atoms in total. The van der Waals surface area contributed by atoms with Gasteiger partial charge in [0.2, 0.25) is 0 Å². The molecule has 0 radical (unpaired) electrons. The molecule has 1 fully saturated rings. The Morgan fingerprint density at radius 3 is 2.67 bits per heavy atom. The smallest absolute Gasteiger partial charge is 0.293 e. The van der Waals surface area contributed by atoms with Crippen molar-refractivity contribution in [3.05, 3.63) is 76.2 Å². The zero-order chi connectivity index (χ0) is 24.0. The lowest BCUT2D eigenvalue weighted by Gasteiger charge is -2.19. The van der Waals surface area contributed by atoms with Crippen LogP contribution in [-0.4, -0.2) is 29.2 Å². The summed E-state index contributed by atoms with van der Waals surface area (Å²) in [6.45, 7) is 7.84. The topological polar surface area (TPSA) is 79.6 Å². The van der Waals surface area contributed by atoms with Crippen molar-refractivity contribution >= 4 is 29.0 Å². The second-order valence-corrected chi connectivity index (χ2v) is 8.56. The number of hydrogen-bond acceptors (Lipinski definition) is 6. The van der Waals surface area contributed by atoms with Gasteiger partial charge in [-0.3, -0.25) is 14.5 Å². The minimum atomic E-state index is -0.281. The third-order valence-corrected chi connectivity index (χ3v) is 6.28. The third-order valence-electron chi connectivity index (χ3n) is 5.40. The zero-order valence-corrected chi connectivity index (χ0v) is 19.8. The number of benzene rings is 2.